The van der Waals surface area contributed by atoms with Gasteiger partial charge < -0.3 is 15.5 Å². The summed E-state index contributed by atoms with van der Waals surface area (Å²) in [5.41, 5.74) is 3.03. The molecular weight excluding hydrogens is 366 g/mol. The van der Waals surface area contributed by atoms with Crippen LogP contribution in [0.25, 0.3) is 0 Å². The molecule has 0 aliphatic carbocycles. The average molecular weight is 393 g/mol. The van der Waals surface area contributed by atoms with Gasteiger partial charge in [-0.1, -0.05) is 38.1 Å². The summed E-state index contributed by atoms with van der Waals surface area (Å²) in [7, 11) is 1.56. The molecule has 1 aliphatic rings. The Bertz CT molecular complexity index is 925. The maximum absolute atomic E-state index is 12.8. The van der Waals surface area contributed by atoms with E-state index in [-0.39, 0.29) is 24.1 Å². The Morgan fingerprint density at radius 1 is 1.17 bits per heavy atom. The second kappa shape index (κ2) is 8.90. The molecule has 2 aromatic carbocycles. The fourth-order valence-electron chi connectivity index (χ4n) is 3.61. The van der Waals surface area contributed by atoms with Crippen LogP contribution in [0.2, 0.25) is 0 Å². The third-order valence-electron chi connectivity index (χ3n) is 5.49. The molecule has 0 spiro atoms. The van der Waals surface area contributed by atoms with E-state index in [1.807, 2.05) is 18.2 Å². The second-order valence-corrected chi connectivity index (χ2v) is 7.42. The van der Waals surface area contributed by atoms with Crippen molar-refractivity contribution in [1.29, 1.82) is 0 Å². The molecule has 0 saturated carbocycles. The van der Waals surface area contributed by atoms with Gasteiger partial charge in [-0.2, -0.15) is 0 Å². The molecular formula is C23H27N3O3. The highest BCUT2D eigenvalue weighted by Gasteiger charge is 2.36. The number of hydrogen-bond donors (Lipinski definition) is 2. The van der Waals surface area contributed by atoms with Crippen molar-refractivity contribution in [3.8, 4) is 0 Å². The third kappa shape index (κ3) is 4.47. The fourth-order valence-corrected chi connectivity index (χ4v) is 3.61. The molecule has 6 nitrogen and oxygen atoms in total. The van der Waals surface area contributed by atoms with Crippen molar-refractivity contribution >= 4 is 29.1 Å². The largest absolute Gasteiger partial charge is 0.355 e. The van der Waals surface area contributed by atoms with Crippen molar-refractivity contribution in [3.05, 3.63) is 59.7 Å². The summed E-state index contributed by atoms with van der Waals surface area (Å²) < 4.78 is 0. The predicted octanol–water partition coefficient (Wildman–Crippen LogP) is 3.55. The van der Waals surface area contributed by atoms with Crippen LogP contribution in [0.15, 0.2) is 48.5 Å². The molecule has 1 heterocycles. The van der Waals surface area contributed by atoms with Gasteiger partial charge in [-0.3, -0.25) is 14.4 Å². The van der Waals surface area contributed by atoms with Gasteiger partial charge in [0, 0.05) is 37.0 Å². The number of hydrogen-bond acceptors (Lipinski definition) is 3. The van der Waals surface area contributed by atoms with E-state index < -0.39 is 5.92 Å². The third-order valence-corrected chi connectivity index (χ3v) is 5.49. The van der Waals surface area contributed by atoms with Gasteiger partial charge in [0.05, 0.1) is 5.92 Å². The van der Waals surface area contributed by atoms with Crippen LogP contribution in [-0.4, -0.2) is 31.3 Å². The van der Waals surface area contributed by atoms with Gasteiger partial charge in [0.2, 0.25) is 11.8 Å². The minimum Gasteiger partial charge on any atom is -0.355 e. The monoisotopic (exact) mass is 393 g/mol. The maximum Gasteiger partial charge on any atom is 0.251 e. The number of carbonyl (C=O) groups excluding carboxylic acids is 3. The fraction of sp³-hybridized carbons (Fsp3) is 0.348. The predicted molar refractivity (Wildman–Crippen MR) is 114 cm³/mol. The minimum absolute atomic E-state index is 0.0417. The second-order valence-electron chi connectivity index (χ2n) is 7.42. The summed E-state index contributed by atoms with van der Waals surface area (Å²) in [6, 6.07) is 14.7. The molecule has 1 aliphatic heterocycles. The normalized spacial score (nSPS) is 17.1. The number of anilines is 2. The Hall–Kier alpha value is -3.15. The molecule has 3 amide bonds. The first-order valence-electron chi connectivity index (χ1n) is 9.96. The van der Waals surface area contributed by atoms with Crippen molar-refractivity contribution in [2.24, 2.45) is 5.92 Å². The molecule has 2 aromatic rings. The van der Waals surface area contributed by atoms with E-state index in [4.69, 9.17) is 0 Å². The molecule has 2 unspecified atom stereocenters. The van der Waals surface area contributed by atoms with Crippen LogP contribution >= 0.6 is 0 Å². The molecule has 29 heavy (non-hydrogen) atoms. The zero-order valence-electron chi connectivity index (χ0n) is 17.1. The summed E-state index contributed by atoms with van der Waals surface area (Å²) in [5, 5.41) is 5.41. The lowest BCUT2D eigenvalue weighted by molar-refractivity contribution is -0.122. The van der Waals surface area contributed by atoms with E-state index in [2.05, 4.69) is 30.5 Å². The van der Waals surface area contributed by atoms with Gasteiger partial charge in [0.25, 0.3) is 5.91 Å². The zero-order chi connectivity index (χ0) is 21.0. The van der Waals surface area contributed by atoms with Crippen LogP contribution in [0.1, 0.15) is 48.5 Å². The molecule has 0 aromatic heterocycles. The molecule has 0 radical (unpaired) electrons. The van der Waals surface area contributed by atoms with Gasteiger partial charge in [0.15, 0.2) is 0 Å². The van der Waals surface area contributed by atoms with Gasteiger partial charge in [0.1, 0.15) is 0 Å². The first-order valence-corrected chi connectivity index (χ1v) is 9.96. The number of rotatable bonds is 6. The highest BCUT2D eigenvalue weighted by Crippen LogP contribution is 2.33. The van der Waals surface area contributed by atoms with Crippen LogP contribution < -0.4 is 15.5 Å². The maximum atomic E-state index is 12.8. The summed E-state index contributed by atoms with van der Waals surface area (Å²) in [4.78, 5) is 39.0. The van der Waals surface area contributed by atoms with Crippen LogP contribution in [0.3, 0.4) is 0 Å². The molecule has 6 heteroatoms. The number of para-hydroxylation sites is 1. The molecule has 3 rings (SSSR count). The highest BCUT2D eigenvalue weighted by molar-refractivity contribution is 6.04. The Morgan fingerprint density at radius 2 is 1.93 bits per heavy atom. The van der Waals surface area contributed by atoms with Crippen molar-refractivity contribution in [3.63, 3.8) is 0 Å². The smallest absolute Gasteiger partial charge is 0.251 e. The summed E-state index contributed by atoms with van der Waals surface area (Å²) in [6.07, 6.45) is 1.15. The number of amides is 3. The topological polar surface area (TPSA) is 78.5 Å². The van der Waals surface area contributed by atoms with Crippen molar-refractivity contribution < 1.29 is 14.4 Å². The Balaban J connectivity index is 1.74. The van der Waals surface area contributed by atoms with Gasteiger partial charge in [-0.25, -0.2) is 0 Å². The number of benzene rings is 2. The summed E-state index contributed by atoms with van der Waals surface area (Å²) >= 11 is 0. The lowest BCUT2D eigenvalue weighted by atomic mass is 9.96. The van der Waals surface area contributed by atoms with Crippen molar-refractivity contribution in [1.82, 2.24) is 5.32 Å². The van der Waals surface area contributed by atoms with Crippen molar-refractivity contribution in [2.75, 3.05) is 23.8 Å². The lowest BCUT2D eigenvalue weighted by Crippen LogP contribution is -2.29. The van der Waals surface area contributed by atoms with Crippen LogP contribution in [0.4, 0.5) is 11.4 Å². The average Bonchev–Trinajstić information content (AvgIpc) is 3.14. The Kier molecular flexibility index (Phi) is 6.32. The number of nitrogens with zero attached hydrogens (tertiary/aromatic N) is 1. The first-order chi connectivity index (χ1) is 13.9. The highest BCUT2D eigenvalue weighted by atomic mass is 16.2. The molecule has 1 saturated heterocycles. The number of carbonyl (C=O) groups is 3. The van der Waals surface area contributed by atoms with E-state index >= 15 is 0 Å². The van der Waals surface area contributed by atoms with E-state index in [9.17, 15) is 14.4 Å². The quantitative estimate of drug-likeness (QED) is 0.788. The standard InChI is InChI=1S/C23H27N3O3/c1-4-15(2)19-10-5-6-11-20(19)26-14-17(13-21(26)27)23(29)25-18-9-7-8-16(12-18)22(28)24-3/h5-12,15,17H,4,13-14H2,1-3H3,(H,24,28)(H,25,29). The number of nitrogens with one attached hydrogen (secondary N) is 2. The molecule has 2 N–H and O–H groups in total. The van der Waals surface area contributed by atoms with Crippen LogP contribution in [0.5, 0.6) is 0 Å². The summed E-state index contributed by atoms with van der Waals surface area (Å²) in [5.74, 6) is -0.573. The van der Waals surface area contributed by atoms with E-state index in [1.165, 1.54) is 0 Å². The molecule has 1 fully saturated rings. The van der Waals surface area contributed by atoms with Gasteiger partial charge >= 0.3 is 0 Å². The Labute approximate surface area is 171 Å². The van der Waals surface area contributed by atoms with Crippen LogP contribution in [-0.2, 0) is 9.59 Å². The SMILES string of the molecule is CCC(C)c1ccccc1N1CC(C(=O)Nc2cccc(C(=O)NC)c2)CC1=O. The summed E-state index contributed by atoms with van der Waals surface area (Å²) in [6.45, 7) is 4.62. The molecule has 152 valence electrons. The van der Waals surface area contributed by atoms with E-state index in [0.29, 0.717) is 23.7 Å². The first kappa shape index (κ1) is 20.6. The molecule has 0 bridgehead atoms. The van der Waals surface area contributed by atoms with Gasteiger partial charge in [-0.05, 0) is 42.2 Å². The Morgan fingerprint density at radius 3 is 2.66 bits per heavy atom. The van der Waals surface area contributed by atoms with Crippen LogP contribution in [0, 0.1) is 5.92 Å². The van der Waals surface area contributed by atoms with E-state index in [1.54, 1.807) is 36.2 Å². The molecule has 2 atom stereocenters. The lowest BCUT2D eigenvalue weighted by Gasteiger charge is -2.23. The van der Waals surface area contributed by atoms with Gasteiger partial charge in [-0.15, -0.1) is 0 Å². The van der Waals surface area contributed by atoms with Crippen molar-refractivity contribution in [2.45, 2.75) is 32.6 Å². The van der Waals surface area contributed by atoms with E-state index in [0.717, 1.165) is 17.7 Å². The minimum atomic E-state index is -0.434. The zero-order valence-corrected chi connectivity index (χ0v) is 17.1.